The summed E-state index contributed by atoms with van der Waals surface area (Å²) >= 11 is 0. The Balaban J connectivity index is 1.99. The number of pyridine rings is 1. The van der Waals surface area contributed by atoms with E-state index in [0.29, 0.717) is 13.1 Å². The van der Waals surface area contributed by atoms with Gasteiger partial charge in [0, 0.05) is 38.1 Å². The predicted octanol–water partition coefficient (Wildman–Crippen LogP) is -0.613. The molecule has 0 unspecified atom stereocenters. The highest BCUT2D eigenvalue weighted by molar-refractivity contribution is 5.91. The molecule has 0 spiro atoms. The van der Waals surface area contributed by atoms with E-state index in [9.17, 15) is 9.59 Å². The quantitative estimate of drug-likeness (QED) is 0.752. The van der Waals surface area contributed by atoms with Gasteiger partial charge in [0.25, 0.3) is 5.91 Å². The van der Waals surface area contributed by atoms with Crippen LogP contribution in [0.1, 0.15) is 10.5 Å². The maximum Gasteiger partial charge on any atom is 0.317 e. The molecule has 0 bridgehead atoms. The van der Waals surface area contributed by atoms with E-state index in [0.717, 1.165) is 18.8 Å². The fourth-order valence-electron chi connectivity index (χ4n) is 2.11. The monoisotopic (exact) mass is 264 g/mol. The van der Waals surface area contributed by atoms with Crippen molar-refractivity contribution >= 4 is 17.6 Å². The number of aliphatic carboxylic acids is 1. The van der Waals surface area contributed by atoms with Gasteiger partial charge in [0.15, 0.2) is 0 Å². The number of hydrogen-bond donors (Lipinski definition) is 2. The molecule has 7 heteroatoms. The molecule has 1 aliphatic rings. The maximum absolute atomic E-state index is 11.1. The number of carboxylic acids is 1. The minimum atomic E-state index is -0.812. The molecule has 0 atom stereocenters. The van der Waals surface area contributed by atoms with Gasteiger partial charge in [-0.25, -0.2) is 0 Å². The molecule has 0 aliphatic carbocycles. The molecule has 2 rings (SSSR count). The topological polar surface area (TPSA) is 99.8 Å². The smallest absolute Gasteiger partial charge is 0.317 e. The summed E-state index contributed by atoms with van der Waals surface area (Å²) < 4.78 is 0. The number of nitrogens with zero attached hydrogens (tertiary/aromatic N) is 3. The normalized spacial score (nSPS) is 16.3. The second-order valence-corrected chi connectivity index (χ2v) is 4.42. The highest BCUT2D eigenvalue weighted by Gasteiger charge is 2.19. The fraction of sp³-hybridized carbons (Fsp3) is 0.417. The van der Waals surface area contributed by atoms with Crippen LogP contribution in [-0.2, 0) is 4.79 Å². The summed E-state index contributed by atoms with van der Waals surface area (Å²) in [6, 6.07) is 3.48. The lowest BCUT2D eigenvalue weighted by Crippen LogP contribution is -2.48. The number of carboxylic acid groups (broad SMARTS) is 1. The number of aromatic nitrogens is 1. The molecule has 0 saturated carbocycles. The molecule has 7 nitrogen and oxygen atoms in total. The van der Waals surface area contributed by atoms with Crippen molar-refractivity contribution in [3.8, 4) is 0 Å². The predicted molar refractivity (Wildman–Crippen MR) is 69.0 cm³/mol. The van der Waals surface area contributed by atoms with Crippen molar-refractivity contribution in [3.63, 3.8) is 0 Å². The zero-order valence-electron chi connectivity index (χ0n) is 10.5. The van der Waals surface area contributed by atoms with Gasteiger partial charge >= 0.3 is 5.97 Å². The third-order valence-corrected chi connectivity index (χ3v) is 3.09. The van der Waals surface area contributed by atoms with Crippen molar-refractivity contribution in [2.45, 2.75) is 0 Å². The third-order valence-electron chi connectivity index (χ3n) is 3.09. The summed E-state index contributed by atoms with van der Waals surface area (Å²) in [5, 5.41) is 8.73. The van der Waals surface area contributed by atoms with E-state index in [-0.39, 0.29) is 12.2 Å². The Hall–Kier alpha value is -2.15. The Bertz CT molecular complexity index is 484. The summed E-state index contributed by atoms with van der Waals surface area (Å²) in [4.78, 5) is 29.6. The lowest BCUT2D eigenvalue weighted by atomic mass is 10.2. The first-order chi connectivity index (χ1) is 9.06. The zero-order valence-corrected chi connectivity index (χ0v) is 10.5. The number of hydrogen-bond acceptors (Lipinski definition) is 5. The number of primary amides is 1. The van der Waals surface area contributed by atoms with Gasteiger partial charge in [-0.15, -0.1) is 0 Å². The lowest BCUT2D eigenvalue weighted by molar-refractivity contribution is -0.138. The minimum Gasteiger partial charge on any atom is -0.480 e. The van der Waals surface area contributed by atoms with E-state index >= 15 is 0 Å². The van der Waals surface area contributed by atoms with Crippen molar-refractivity contribution in [3.05, 3.63) is 24.0 Å². The minimum absolute atomic E-state index is 0.0662. The molecule has 2 heterocycles. The number of anilines is 1. The fourth-order valence-corrected chi connectivity index (χ4v) is 2.11. The molecule has 1 aromatic heterocycles. The molecule has 0 aromatic carbocycles. The van der Waals surface area contributed by atoms with E-state index in [1.54, 1.807) is 12.3 Å². The van der Waals surface area contributed by atoms with Crippen LogP contribution in [0.4, 0.5) is 5.69 Å². The first-order valence-corrected chi connectivity index (χ1v) is 6.01. The standard InChI is InChI=1S/C12H16N4O3/c13-12(19)10-7-9(1-2-14-10)16-5-3-15(4-6-16)8-11(17)18/h1-2,7H,3-6,8H2,(H2,13,19)(H,17,18). The summed E-state index contributed by atoms with van der Waals surface area (Å²) in [6.07, 6.45) is 1.55. The number of nitrogens with two attached hydrogens (primary N) is 1. The van der Waals surface area contributed by atoms with Crippen molar-refractivity contribution in [2.75, 3.05) is 37.6 Å². The van der Waals surface area contributed by atoms with E-state index in [1.165, 1.54) is 0 Å². The van der Waals surface area contributed by atoms with Gasteiger partial charge in [0.2, 0.25) is 0 Å². The van der Waals surface area contributed by atoms with Crippen molar-refractivity contribution < 1.29 is 14.7 Å². The molecule has 1 aliphatic heterocycles. The Morgan fingerprint density at radius 2 is 2.00 bits per heavy atom. The lowest BCUT2D eigenvalue weighted by Gasteiger charge is -2.35. The van der Waals surface area contributed by atoms with Crippen LogP contribution in [0.3, 0.4) is 0 Å². The Morgan fingerprint density at radius 3 is 2.58 bits per heavy atom. The van der Waals surface area contributed by atoms with Crippen LogP contribution in [0.2, 0.25) is 0 Å². The summed E-state index contributed by atoms with van der Waals surface area (Å²) in [5.74, 6) is -1.36. The van der Waals surface area contributed by atoms with Gasteiger partial charge in [0.05, 0.1) is 6.54 Å². The largest absolute Gasteiger partial charge is 0.480 e. The molecule has 0 radical (unpaired) electrons. The molecular weight excluding hydrogens is 248 g/mol. The van der Waals surface area contributed by atoms with Gasteiger partial charge in [-0.1, -0.05) is 0 Å². The number of piperazine rings is 1. The van der Waals surface area contributed by atoms with Crippen molar-refractivity contribution in [1.82, 2.24) is 9.88 Å². The number of carbonyl (C=O) groups excluding carboxylic acids is 1. The second-order valence-electron chi connectivity index (χ2n) is 4.42. The van der Waals surface area contributed by atoms with E-state index < -0.39 is 11.9 Å². The highest BCUT2D eigenvalue weighted by Crippen LogP contribution is 2.16. The van der Waals surface area contributed by atoms with Crippen LogP contribution in [0.5, 0.6) is 0 Å². The van der Waals surface area contributed by atoms with E-state index in [1.807, 2.05) is 11.0 Å². The molecule has 3 N–H and O–H groups in total. The Kier molecular flexibility index (Phi) is 3.96. The first kappa shape index (κ1) is 13.3. The molecule has 1 amide bonds. The van der Waals surface area contributed by atoms with Crippen LogP contribution in [0.25, 0.3) is 0 Å². The van der Waals surface area contributed by atoms with Crippen LogP contribution in [-0.4, -0.2) is 59.6 Å². The number of amides is 1. The van der Waals surface area contributed by atoms with Crippen LogP contribution in [0, 0.1) is 0 Å². The van der Waals surface area contributed by atoms with E-state index in [2.05, 4.69) is 9.88 Å². The third kappa shape index (κ3) is 3.41. The first-order valence-electron chi connectivity index (χ1n) is 6.01. The van der Waals surface area contributed by atoms with Crippen LogP contribution >= 0.6 is 0 Å². The SMILES string of the molecule is NC(=O)c1cc(N2CCN(CC(=O)O)CC2)ccn1. The van der Waals surface area contributed by atoms with Gasteiger partial charge in [-0.2, -0.15) is 0 Å². The van der Waals surface area contributed by atoms with Crippen molar-refractivity contribution in [1.29, 1.82) is 0 Å². The molecule has 102 valence electrons. The highest BCUT2D eigenvalue weighted by atomic mass is 16.4. The summed E-state index contributed by atoms with van der Waals surface area (Å²) in [5.41, 5.74) is 6.32. The molecular formula is C12H16N4O3. The Labute approximate surface area is 110 Å². The molecule has 1 fully saturated rings. The average Bonchev–Trinajstić information content (AvgIpc) is 2.39. The van der Waals surface area contributed by atoms with Crippen LogP contribution in [0.15, 0.2) is 18.3 Å². The van der Waals surface area contributed by atoms with Gasteiger partial charge < -0.3 is 15.7 Å². The summed E-state index contributed by atoms with van der Waals surface area (Å²) in [6.45, 7) is 2.86. The maximum atomic E-state index is 11.1. The van der Waals surface area contributed by atoms with Crippen molar-refractivity contribution in [2.24, 2.45) is 5.73 Å². The van der Waals surface area contributed by atoms with E-state index in [4.69, 9.17) is 10.8 Å². The average molecular weight is 264 g/mol. The van der Waals surface area contributed by atoms with Gasteiger partial charge in [0.1, 0.15) is 5.69 Å². The molecule has 19 heavy (non-hydrogen) atoms. The summed E-state index contributed by atoms with van der Waals surface area (Å²) in [7, 11) is 0. The molecule has 1 saturated heterocycles. The Morgan fingerprint density at radius 1 is 1.32 bits per heavy atom. The number of carbonyl (C=O) groups is 2. The van der Waals surface area contributed by atoms with Crippen LogP contribution < -0.4 is 10.6 Å². The zero-order chi connectivity index (χ0) is 13.8. The van der Waals surface area contributed by atoms with Gasteiger partial charge in [-0.3, -0.25) is 19.5 Å². The second kappa shape index (κ2) is 5.66. The van der Waals surface area contributed by atoms with Gasteiger partial charge in [-0.05, 0) is 12.1 Å². The molecule has 1 aromatic rings. The number of rotatable bonds is 4.